The van der Waals surface area contributed by atoms with Gasteiger partial charge in [0.1, 0.15) is 0 Å². The van der Waals surface area contributed by atoms with E-state index in [9.17, 15) is 10.1 Å². The number of nitrogens with zero attached hydrogens (tertiary/aromatic N) is 2. The number of anilines is 1. The standard InChI is InChI=1S/C15H23BrN2O2/c1-4-5-6-9-17(12(2)3)15-8-7-14(18(19)20)10-13(15)11-16/h7-8,10,12H,4-6,9,11H2,1-3H3. The van der Waals surface area contributed by atoms with Crippen LogP contribution in [-0.2, 0) is 5.33 Å². The summed E-state index contributed by atoms with van der Waals surface area (Å²) in [7, 11) is 0. The fourth-order valence-electron chi connectivity index (χ4n) is 2.26. The average molecular weight is 343 g/mol. The monoisotopic (exact) mass is 342 g/mol. The Kier molecular flexibility index (Phi) is 6.99. The summed E-state index contributed by atoms with van der Waals surface area (Å²) in [5, 5.41) is 11.5. The van der Waals surface area contributed by atoms with E-state index in [-0.39, 0.29) is 10.6 Å². The van der Waals surface area contributed by atoms with Crippen molar-refractivity contribution in [2.45, 2.75) is 51.4 Å². The molecule has 0 heterocycles. The van der Waals surface area contributed by atoms with E-state index in [1.807, 2.05) is 6.07 Å². The molecule has 0 radical (unpaired) electrons. The number of nitro groups is 1. The lowest BCUT2D eigenvalue weighted by atomic mass is 10.1. The zero-order chi connectivity index (χ0) is 15.1. The van der Waals surface area contributed by atoms with Gasteiger partial charge in [0, 0.05) is 35.7 Å². The molecule has 0 bridgehead atoms. The summed E-state index contributed by atoms with van der Waals surface area (Å²) in [6, 6.07) is 5.52. The maximum Gasteiger partial charge on any atom is 0.269 e. The molecule has 4 nitrogen and oxygen atoms in total. The molecule has 1 rings (SSSR count). The average Bonchev–Trinajstić information content (AvgIpc) is 2.42. The van der Waals surface area contributed by atoms with Crippen molar-refractivity contribution in [2.75, 3.05) is 11.4 Å². The first-order valence-electron chi connectivity index (χ1n) is 7.11. The third kappa shape index (κ3) is 4.47. The molecule has 0 aliphatic rings. The number of unbranched alkanes of at least 4 members (excludes halogenated alkanes) is 2. The van der Waals surface area contributed by atoms with Gasteiger partial charge < -0.3 is 4.90 Å². The van der Waals surface area contributed by atoms with Crippen LogP contribution in [0.15, 0.2) is 18.2 Å². The van der Waals surface area contributed by atoms with Gasteiger partial charge in [-0.2, -0.15) is 0 Å². The Morgan fingerprint density at radius 2 is 2.05 bits per heavy atom. The quantitative estimate of drug-likeness (QED) is 0.292. The molecule has 0 aliphatic carbocycles. The van der Waals surface area contributed by atoms with Crippen molar-refractivity contribution in [2.24, 2.45) is 0 Å². The number of nitro benzene ring substituents is 1. The Morgan fingerprint density at radius 1 is 1.35 bits per heavy atom. The first-order valence-corrected chi connectivity index (χ1v) is 8.23. The van der Waals surface area contributed by atoms with Crippen molar-refractivity contribution in [1.82, 2.24) is 0 Å². The molecule has 112 valence electrons. The highest BCUT2D eigenvalue weighted by Crippen LogP contribution is 2.29. The van der Waals surface area contributed by atoms with Crippen molar-refractivity contribution in [3.05, 3.63) is 33.9 Å². The first-order chi connectivity index (χ1) is 9.51. The van der Waals surface area contributed by atoms with Gasteiger partial charge >= 0.3 is 0 Å². The Balaban J connectivity index is 3.03. The zero-order valence-electron chi connectivity index (χ0n) is 12.4. The van der Waals surface area contributed by atoms with Crippen LogP contribution in [0, 0.1) is 10.1 Å². The van der Waals surface area contributed by atoms with E-state index in [0.29, 0.717) is 11.4 Å². The van der Waals surface area contributed by atoms with E-state index in [1.165, 1.54) is 12.8 Å². The molecule has 0 fully saturated rings. The van der Waals surface area contributed by atoms with E-state index >= 15 is 0 Å². The summed E-state index contributed by atoms with van der Waals surface area (Å²) < 4.78 is 0. The third-order valence-corrected chi connectivity index (χ3v) is 3.96. The van der Waals surface area contributed by atoms with E-state index < -0.39 is 0 Å². The molecule has 5 heteroatoms. The minimum atomic E-state index is -0.341. The van der Waals surface area contributed by atoms with Crippen LogP contribution in [0.3, 0.4) is 0 Å². The molecule has 1 aromatic carbocycles. The van der Waals surface area contributed by atoms with Gasteiger partial charge in [-0.05, 0) is 31.9 Å². The van der Waals surface area contributed by atoms with Gasteiger partial charge in [0.15, 0.2) is 0 Å². The summed E-state index contributed by atoms with van der Waals surface area (Å²) >= 11 is 3.44. The Bertz CT molecular complexity index is 449. The topological polar surface area (TPSA) is 46.4 Å². The Hall–Kier alpha value is -1.10. The van der Waals surface area contributed by atoms with Crippen molar-refractivity contribution >= 4 is 27.3 Å². The highest BCUT2D eigenvalue weighted by Gasteiger charge is 2.17. The van der Waals surface area contributed by atoms with Gasteiger partial charge in [0.2, 0.25) is 0 Å². The zero-order valence-corrected chi connectivity index (χ0v) is 14.0. The second-order valence-electron chi connectivity index (χ2n) is 5.20. The number of benzene rings is 1. The first kappa shape index (κ1) is 17.0. The molecule has 0 unspecified atom stereocenters. The van der Waals surface area contributed by atoms with E-state index in [4.69, 9.17) is 0 Å². The number of hydrogen-bond donors (Lipinski definition) is 0. The van der Waals surface area contributed by atoms with Gasteiger partial charge in [-0.15, -0.1) is 0 Å². The number of alkyl halides is 1. The van der Waals surface area contributed by atoms with Crippen LogP contribution in [-0.4, -0.2) is 17.5 Å². The molecular weight excluding hydrogens is 320 g/mol. The number of rotatable bonds is 8. The van der Waals surface area contributed by atoms with Gasteiger partial charge in [-0.1, -0.05) is 35.7 Å². The van der Waals surface area contributed by atoms with E-state index in [1.54, 1.807) is 12.1 Å². The third-order valence-electron chi connectivity index (χ3n) is 3.35. The summed E-state index contributed by atoms with van der Waals surface area (Å²) in [4.78, 5) is 12.9. The van der Waals surface area contributed by atoms with Crippen molar-refractivity contribution in [3.63, 3.8) is 0 Å². The number of hydrogen-bond acceptors (Lipinski definition) is 3. The van der Waals surface area contributed by atoms with Gasteiger partial charge in [-0.25, -0.2) is 0 Å². The smallest absolute Gasteiger partial charge is 0.269 e. The lowest BCUT2D eigenvalue weighted by Crippen LogP contribution is -2.32. The van der Waals surface area contributed by atoms with Crippen LogP contribution < -0.4 is 4.90 Å². The highest BCUT2D eigenvalue weighted by molar-refractivity contribution is 9.08. The van der Waals surface area contributed by atoms with Crippen LogP contribution in [0.2, 0.25) is 0 Å². The molecule has 0 spiro atoms. The lowest BCUT2D eigenvalue weighted by Gasteiger charge is -2.30. The molecule has 0 N–H and O–H groups in total. The molecule has 20 heavy (non-hydrogen) atoms. The van der Waals surface area contributed by atoms with Crippen molar-refractivity contribution in [3.8, 4) is 0 Å². The highest BCUT2D eigenvalue weighted by atomic mass is 79.9. The van der Waals surface area contributed by atoms with Gasteiger partial charge in [-0.3, -0.25) is 10.1 Å². The number of halogens is 1. The normalized spacial score (nSPS) is 10.8. The Labute approximate surface area is 129 Å². The van der Waals surface area contributed by atoms with Gasteiger partial charge in [0.25, 0.3) is 5.69 Å². The lowest BCUT2D eigenvalue weighted by molar-refractivity contribution is -0.384. The van der Waals surface area contributed by atoms with Crippen molar-refractivity contribution in [1.29, 1.82) is 0 Å². The van der Waals surface area contributed by atoms with E-state index in [0.717, 1.165) is 24.2 Å². The maximum absolute atomic E-state index is 10.9. The second kappa shape index (κ2) is 8.25. The SMILES string of the molecule is CCCCCN(c1ccc([N+](=O)[O-])cc1CBr)C(C)C. The minimum Gasteiger partial charge on any atom is -0.369 e. The van der Waals surface area contributed by atoms with Gasteiger partial charge in [0.05, 0.1) is 4.92 Å². The van der Waals surface area contributed by atoms with E-state index in [2.05, 4.69) is 41.6 Å². The summed E-state index contributed by atoms with van der Waals surface area (Å²) in [5.41, 5.74) is 2.23. The van der Waals surface area contributed by atoms with Crippen LogP contribution in [0.4, 0.5) is 11.4 Å². The summed E-state index contributed by atoms with van der Waals surface area (Å²) in [5.74, 6) is 0. The molecule has 0 saturated heterocycles. The Morgan fingerprint density at radius 3 is 2.55 bits per heavy atom. The molecule has 0 atom stereocenters. The predicted octanol–water partition coefficient (Wildman–Crippen LogP) is 4.89. The molecular formula is C15H23BrN2O2. The fourth-order valence-corrected chi connectivity index (χ4v) is 2.71. The fraction of sp³-hybridized carbons (Fsp3) is 0.600. The van der Waals surface area contributed by atoms with Crippen LogP contribution in [0.5, 0.6) is 0 Å². The molecule has 0 aliphatic heterocycles. The molecule has 0 saturated carbocycles. The summed E-state index contributed by atoms with van der Waals surface area (Å²) in [6.45, 7) is 7.50. The predicted molar refractivity (Wildman–Crippen MR) is 87.7 cm³/mol. The second-order valence-corrected chi connectivity index (χ2v) is 5.76. The van der Waals surface area contributed by atoms with Crippen LogP contribution in [0.25, 0.3) is 0 Å². The summed E-state index contributed by atoms with van der Waals surface area (Å²) in [6.07, 6.45) is 3.55. The molecule has 0 aromatic heterocycles. The largest absolute Gasteiger partial charge is 0.369 e. The number of non-ortho nitro benzene ring substituents is 1. The maximum atomic E-state index is 10.9. The molecule has 1 aromatic rings. The van der Waals surface area contributed by atoms with Crippen molar-refractivity contribution < 1.29 is 4.92 Å². The molecule has 0 amide bonds. The minimum absolute atomic E-state index is 0.153. The van der Waals surface area contributed by atoms with Crippen LogP contribution in [0.1, 0.15) is 45.6 Å². The van der Waals surface area contributed by atoms with Crippen LogP contribution >= 0.6 is 15.9 Å².